The SMILES string of the molecule is CC(C)OCC(=O)N1C[C@@H](N)[C@H](c2ccccc2)C1. The zero-order chi connectivity index (χ0) is 13.8. The van der Waals surface area contributed by atoms with Gasteiger partial charge in [0.15, 0.2) is 0 Å². The molecule has 0 aromatic heterocycles. The highest BCUT2D eigenvalue weighted by molar-refractivity contribution is 5.78. The first kappa shape index (κ1) is 14.0. The van der Waals surface area contributed by atoms with E-state index in [-0.39, 0.29) is 30.6 Å². The van der Waals surface area contributed by atoms with Crippen molar-refractivity contribution >= 4 is 5.91 Å². The molecule has 0 bridgehead atoms. The van der Waals surface area contributed by atoms with Gasteiger partial charge in [0.05, 0.1) is 6.10 Å². The van der Waals surface area contributed by atoms with Gasteiger partial charge in [-0.2, -0.15) is 0 Å². The van der Waals surface area contributed by atoms with Crippen molar-refractivity contribution in [2.45, 2.75) is 31.9 Å². The van der Waals surface area contributed by atoms with Crippen LogP contribution in [0.4, 0.5) is 0 Å². The molecule has 1 amide bonds. The van der Waals surface area contributed by atoms with Crippen molar-refractivity contribution in [3.63, 3.8) is 0 Å². The topological polar surface area (TPSA) is 55.6 Å². The molecule has 1 aliphatic heterocycles. The van der Waals surface area contributed by atoms with Crippen LogP contribution in [0.3, 0.4) is 0 Å². The minimum atomic E-state index is 0.00500. The third-order valence-electron chi connectivity index (χ3n) is 3.49. The molecular weight excluding hydrogens is 240 g/mol. The summed E-state index contributed by atoms with van der Waals surface area (Å²) in [5, 5.41) is 0. The molecule has 0 saturated carbocycles. The number of amides is 1. The number of nitrogens with zero attached hydrogens (tertiary/aromatic N) is 1. The molecule has 0 unspecified atom stereocenters. The van der Waals surface area contributed by atoms with Gasteiger partial charge < -0.3 is 15.4 Å². The van der Waals surface area contributed by atoms with E-state index >= 15 is 0 Å². The first-order chi connectivity index (χ1) is 9.08. The first-order valence-electron chi connectivity index (χ1n) is 6.78. The van der Waals surface area contributed by atoms with E-state index in [0.717, 1.165) is 0 Å². The second-order valence-corrected chi connectivity index (χ2v) is 5.34. The molecule has 1 saturated heterocycles. The number of nitrogens with two attached hydrogens (primary N) is 1. The number of ether oxygens (including phenoxy) is 1. The maximum atomic E-state index is 12.0. The molecule has 1 aromatic carbocycles. The summed E-state index contributed by atoms with van der Waals surface area (Å²) in [6.07, 6.45) is 0.0742. The fourth-order valence-corrected chi connectivity index (χ4v) is 2.41. The third kappa shape index (κ3) is 3.55. The number of benzene rings is 1. The molecule has 0 aliphatic carbocycles. The standard InChI is InChI=1S/C15H22N2O2/c1-11(2)19-10-15(18)17-8-13(14(16)9-17)12-6-4-3-5-7-12/h3-7,11,13-14H,8-10,16H2,1-2H3/t13-,14+/m0/s1. The van der Waals surface area contributed by atoms with Crippen LogP contribution in [0.1, 0.15) is 25.3 Å². The highest BCUT2D eigenvalue weighted by atomic mass is 16.5. The van der Waals surface area contributed by atoms with E-state index in [2.05, 4.69) is 12.1 Å². The lowest BCUT2D eigenvalue weighted by atomic mass is 9.95. The Hall–Kier alpha value is -1.39. The molecule has 0 spiro atoms. The zero-order valence-electron chi connectivity index (χ0n) is 11.6. The van der Waals surface area contributed by atoms with Gasteiger partial charge in [0, 0.05) is 25.0 Å². The van der Waals surface area contributed by atoms with E-state index in [0.29, 0.717) is 13.1 Å². The van der Waals surface area contributed by atoms with Gasteiger partial charge in [0.25, 0.3) is 0 Å². The monoisotopic (exact) mass is 262 g/mol. The average molecular weight is 262 g/mol. The van der Waals surface area contributed by atoms with Crippen LogP contribution in [0.2, 0.25) is 0 Å². The molecule has 1 aliphatic rings. The van der Waals surface area contributed by atoms with Crippen LogP contribution in [0.5, 0.6) is 0 Å². The predicted molar refractivity (Wildman–Crippen MR) is 74.8 cm³/mol. The fraction of sp³-hybridized carbons (Fsp3) is 0.533. The normalized spacial score (nSPS) is 23.1. The Balaban J connectivity index is 1.96. The second kappa shape index (κ2) is 6.17. The van der Waals surface area contributed by atoms with Gasteiger partial charge in [-0.05, 0) is 19.4 Å². The molecule has 2 N–H and O–H groups in total. The first-order valence-corrected chi connectivity index (χ1v) is 6.78. The molecule has 19 heavy (non-hydrogen) atoms. The minimum absolute atomic E-state index is 0.00500. The van der Waals surface area contributed by atoms with Crippen molar-refractivity contribution in [3.8, 4) is 0 Å². The van der Waals surface area contributed by atoms with Crippen molar-refractivity contribution < 1.29 is 9.53 Å². The quantitative estimate of drug-likeness (QED) is 0.891. The van der Waals surface area contributed by atoms with Gasteiger partial charge in [-0.3, -0.25) is 4.79 Å². The van der Waals surface area contributed by atoms with Gasteiger partial charge in [0.2, 0.25) is 5.91 Å². The Morgan fingerprint density at radius 1 is 1.37 bits per heavy atom. The summed E-state index contributed by atoms with van der Waals surface area (Å²) < 4.78 is 5.36. The maximum Gasteiger partial charge on any atom is 0.248 e. The zero-order valence-corrected chi connectivity index (χ0v) is 11.6. The summed E-state index contributed by atoms with van der Waals surface area (Å²) >= 11 is 0. The van der Waals surface area contributed by atoms with Crippen LogP contribution in [0.15, 0.2) is 30.3 Å². The van der Waals surface area contributed by atoms with Crippen LogP contribution in [0.25, 0.3) is 0 Å². The molecule has 104 valence electrons. The van der Waals surface area contributed by atoms with Crippen molar-refractivity contribution in [1.82, 2.24) is 4.90 Å². The van der Waals surface area contributed by atoms with E-state index in [1.165, 1.54) is 5.56 Å². The largest absolute Gasteiger partial charge is 0.369 e. The number of carbonyl (C=O) groups is 1. The highest BCUT2D eigenvalue weighted by Crippen LogP contribution is 2.26. The predicted octanol–water partition coefficient (Wildman–Crippen LogP) is 1.36. The second-order valence-electron chi connectivity index (χ2n) is 5.34. The molecule has 1 fully saturated rings. The maximum absolute atomic E-state index is 12.0. The van der Waals surface area contributed by atoms with Crippen LogP contribution in [0, 0.1) is 0 Å². The molecule has 2 atom stereocenters. The van der Waals surface area contributed by atoms with Crippen LogP contribution in [-0.2, 0) is 9.53 Å². The number of hydrogen-bond acceptors (Lipinski definition) is 3. The van der Waals surface area contributed by atoms with Crippen molar-refractivity contribution in [1.29, 1.82) is 0 Å². The smallest absolute Gasteiger partial charge is 0.248 e. The van der Waals surface area contributed by atoms with E-state index in [1.54, 1.807) is 0 Å². The summed E-state index contributed by atoms with van der Waals surface area (Å²) in [4.78, 5) is 13.8. The van der Waals surface area contributed by atoms with Crippen molar-refractivity contribution in [2.24, 2.45) is 5.73 Å². The summed E-state index contributed by atoms with van der Waals surface area (Å²) in [6, 6.07) is 10.2. The van der Waals surface area contributed by atoms with Crippen molar-refractivity contribution in [3.05, 3.63) is 35.9 Å². The molecule has 4 heteroatoms. The molecular formula is C15H22N2O2. The Labute approximate surface area is 114 Å². The number of rotatable bonds is 4. The molecule has 2 rings (SSSR count). The number of likely N-dealkylation sites (tertiary alicyclic amines) is 1. The Bertz CT molecular complexity index is 419. The van der Waals surface area contributed by atoms with Gasteiger partial charge in [-0.15, -0.1) is 0 Å². The molecule has 4 nitrogen and oxygen atoms in total. The van der Waals surface area contributed by atoms with Crippen molar-refractivity contribution in [2.75, 3.05) is 19.7 Å². The lowest BCUT2D eigenvalue weighted by Crippen LogP contribution is -2.35. The fourth-order valence-electron chi connectivity index (χ4n) is 2.41. The third-order valence-corrected chi connectivity index (χ3v) is 3.49. The van der Waals surface area contributed by atoms with E-state index < -0.39 is 0 Å². The summed E-state index contributed by atoms with van der Waals surface area (Å²) in [7, 11) is 0. The van der Waals surface area contributed by atoms with Gasteiger partial charge in [0.1, 0.15) is 6.61 Å². The number of hydrogen-bond donors (Lipinski definition) is 1. The van der Waals surface area contributed by atoms with E-state index in [9.17, 15) is 4.79 Å². The molecule has 1 aromatic rings. The minimum Gasteiger partial charge on any atom is -0.369 e. The Morgan fingerprint density at radius 3 is 2.68 bits per heavy atom. The lowest BCUT2D eigenvalue weighted by molar-refractivity contribution is -0.136. The van der Waals surface area contributed by atoms with Gasteiger partial charge in [-0.25, -0.2) is 0 Å². The van der Waals surface area contributed by atoms with Crippen LogP contribution >= 0.6 is 0 Å². The average Bonchev–Trinajstić information content (AvgIpc) is 2.79. The summed E-state index contributed by atoms with van der Waals surface area (Å²) in [5.74, 6) is 0.256. The highest BCUT2D eigenvalue weighted by Gasteiger charge is 2.33. The lowest BCUT2D eigenvalue weighted by Gasteiger charge is -2.17. The summed E-state index contributed by atoms with van der Waals surface area (Å²) in [5.41, 5.74) is 7.36. The van der Waals surface area contributed by atoms with E-state index in [4.69, 9.17) is 10.5 Å². The Morgan fingerprint density at radius 2 is 2.05 bits per heavy atom. The van der Waals surface area contributed by atoms with Gasteiger partial charge >= 0.3 is 0 Å². The van der Waals surface area contributed by atoms with Crippen LogP contribution < -0.4 is 5.73 Å². The Kier molecular flexibility index (Phi) is 4.56. The molecule has 1 heterocycles. The number of carbonyl (C=O) groups excluding carboxylic acids is 1. The van der Waals surface area contributed by atoms with Gasteiger partial charge in [-0.1, -0.05) is 30.3 Å². The molecule has 0 radical (unpaired) electrons. The van der Waals surface area contributed by atoms with Crippen LogP contribution in [-0.4, -0.2) is 42.6 Å². The summed E-state index contributed by atoms with van der Waals surface area (Å²) in [6.45, 7) is 5.29. The van der Waals surface area contributed by atoms with E-state index in [1.807, 2.05) is 36.9 Å².